The lowest BCUT2D eigenvalue weighted by atomic mass is 10.2. The van der Waals surface area contributed by atoms with Crippen LogP contribution in [0, 0.1) is 0 Å². The third kappa shape index (κ3) is 5.21. The molecule has 0 saturated heterocycles. The van der Waals surface area contributed by atoms with Crippen molar-refractivity contribution in [1.82, 2.24) is 19.9 Å². The minimum Gasteiger partial charge on any atom is -0.443 e. The van der Waals surface area contributed by atoms with Gasteiger partial charge in [-0.1, -0.05) is 0 Å². The molecule has 0 fully saturated rings. The van der Waals surface area contributed by atoms with Crippen LogP contribution in [0.15, 0.2) is 41.5 Å². The number of nitrogens with zero attached hydrogens (tertiary/aromatic N) is 6. The van der Waals surface area contributed by atoms with E-state index in [2.05, 4.69) is 24.9 Å². The number of nitrogen functional groups attached to an aromatic ring is 1. The van der Waals surface area contributed by atoms with Crippen molar-refractivity contribution < 1.29 is 9.53 Å². The lowest BCUT2D eigenvalue weighted by Crippen LogP contribution is -2.38. The number of amides is 1. The van der Waals surface area contributed by atoms with Gasteiger partial charge in [0.05, 0.1) is 11.4 Å². The van der Waals surface area contributed by atoms with Crippen molar-refractivity contribution in [3.8, 4) is 11.3 Å². The molecule has 27 heavy (non-hydrogen) atoms. The highest BCUT2D eigenvalue weighted by atomic mass is 16.6. The van der Waals surface area contributed by atoms with Crippen molar-refractivity contribution in [2.75, 3.05) is 17.7 Å². The Hall–Kier alpha value is -3.56. The molecule has 0 bridgehead atoms. The van der Waals surface area contributed by atoms with Crippen LogP contribution in [0.3, 0.4) is 0 Å². The minimum absolute atomic E-state index is 0.0650. The third-order valence-electron chi connectivity index (χ3n) is 3.08. The molecule has 4 N–H and O–H groups in total. The largest absolute Gasteiger partial charge is 0.443 e. The molecule has 0 saturated carbocycles. The van der Waals surface area contributed by atoms with E-state index in [0.29, 0.717) is 11.3 Å². The topological polar surface area (TPSA) is 146 Å². The standard InChI is InChI=1S/C17H22N8O2/c1-17(2,3)27-16(26)25(12(7-18)10-20-4)15-21-6-5-13(24-15)11-8-22-14(19)23-9-11/h5-10H,18H2,1-4H3,(H2,19,22,23). The van der Waals surface area contributed by atoms with Gasteiger partial charge in [0.1, 0.15) is 5.60 Å². The van der Waals surface area contributed by atoms with Crippen LogP contribution >= 0.6 is 0 Å². The second kappa shape index (κ2) is 8.21. The van der Waals surface area contributed by atoms with Crippen molar-refractivity contribution in [2.45, 2.75) is 26.4 Å². The number of nitrogens with two attached hydrogens (primary N) is 2. The van der Waals surface area contributed by atoms with Crippen molar-refractivity contribution in [3.63, 3.8) is 0 Å². The molecule has 0 aliphatic rings. The maximum Gasteiger partial charge on any atom is 0.422 e. The lowest BCUT2D eigenvalue weighted by molar-refractivity contribution is 0.0592. The number of carbonyl (C=O) groups is 1. The van der Waals surface area contributed by atoms with Gasteiger partial charge >= 0.3 is 6.09 Å². The first-order valence-corrected chi connectivity index (χ1v) is 8.03. The summed E-state index contributed by atoms with van der Waals surface area (Å²) in [4.78, 5) is 34.3. The fourth-order valence-electron chi connectivity index (χ4n) is 2.00. The second-order valence-electron chi connectivity index (χ2n) is 6.37. The fourth-order valence-corrected chi connectivity index (χ4v) is 2.00. The zero-order chi connectivity index (χ0) is 20.0. The van der Waals surface area contributed by atoms with E-state index in [9.17, 15) is 4.79 Å². The van der Waals surface area contributed by atoms with Gasteiger partial charge in [-0.15, -0.1) is 0 Å². The maximum absolute atomic E-state index is 12.8. The SMILES string of the molecule is CN=CC(=CN)N(C(=O)OC(C)(C)C)c1nccc(-c2cnc(N)nc2)n1. The summed E-state index contributed by atoms with van der Waals surface area (Å²) >= 11 is 0. The van der Waals surface area contributed by atoms with E-state index < -0.39 is 11.7 Å². The molecule has 0 atom stereocenters. The maximum atomic E-state index is 12.8. The molecule has 2 heterocycles. The van der Waals surface area contributed by atoms with Gasteiger partial charge in [-0.25, -0.2) is 29.6 Å². The third-order valence-corrected chi connectivity index (χ3v) is 3.08. The van der Waals surface area contributed by atoms with E-state index in [0.717, 1.165) is 4.90 Å². The highest BCUT2D eigenvalue weighted by Crippen LogP contribution is 2.22. The number of ether oxygens (including phenoxy) is 1. The van der Waals surface area contributed by atoms with E-state index in [-0.39, 0.29) is 17.6 Å². The molecular formula is C17H22N8O2. The van der Waals surface area contributed by atoms with E-state index >= 15 is 0 Å². The first-order valence-electron chi connectivity index (χ1n) is 8.03. The van der Waals surface area contributed by atoms with Crippen molar-refractivity contribution in [3.05, 3.63) is 36.6 Å². The smallest absolute Gasteiger partial charge is 0.422 e. The Balaban J connectivity index is 2.50. The average molecular weight is 370 g/mol. The van der Waals surface area contributed by atoms with Crippen LogP contribution in [-0.4, -0.2) is 44.9 Å². The second-order valence-corrected chi connectivity index (χ2v) is 6.37. The van der Waals surface area contributed by atoms with Crippen LogP contribution in [0.2, 0.25) is 0 Å². The average Bonchev–Trinajstić information content (AvgIpc) is 2.60. The van der Waals surface area contributed by atoms with E-state index in [1.807, 2.05) is 0 Å². The van der Waals surface area contributed by atoms with Crippen molar-refractivity contribution in [2.24, 2.45) is 10.7 Å². The molecule has 2 rings (SSSR count). The molecule has 10 heteroatoms. The number of allylic oxidation sites excluding steroid dienone is 1. The summed E-state index contributed by atoms with van der Waals surface area (Å²) < 4.78 is 5.45. The van der Waals surface area contributed by atoms with Gasteiger partial charge in [0.25, 0.3) is 0 Å². The summed E-state index contributed by atoms with van der Waals surface area (Å²) in [5.74, 6) is 0.214. The Kier molecular flexibility index (Phi) is 6.01. The monoisotopic (exact) mass is 370 g/mol. The highest BCUT2D eigenvalue weighted by Gasteiger charge is 2.28. The predicted octanol–water partition coefficient (Wildman–Crippen LogP) is 1.76. The summed E-state index contributed by atoms with van der Waals surface area (Å²) in [6, 6.07) is 1.66. The molecule has 2 aromatic rings. The molecule has 0 aliphatic carbocycles. The number of anilines is 2. The number of hydrogen-bond acceptors (Lipinski definition) is 9. The van der Waals surface area contributed by atoms with Crippen molar-refractivity contribution >= 4 is 24.2 Å². The van der Waals surface area contributed by atoms with Gasteiger partial charge < -0.3 is 16.2 Å². The van der Waals surface area contributed by atoms with Crippen molar-refractivity contribution in [1.29, 1.82) is 0 Å². The van der Waals surface area contributed by atoms with Gasteiger partial charge in [0, 0.05) is 43.6 Å². The van der Waals surface area contributed by atoms with Gasteiger partial charge in [-0.05, 0) is 26.8 Å². The molecule has 0 unspecified atom stereocenters. The van der Waals surface area contributed by atoms with E-state index in [4.69, 9.17) is 16.2 Å². The molecule has 0 spiro atoms. The van der Waals surface area contributed by atoms with Gasteiger partial charge in [-0.2, -0.15) is 0 Å². The molecule has 142 valence electrons. The Morgan fingerprint density at radius 2 is 1.93 bits per heavy atom. The summed E-state index contributed by atoms with van der Waals surface area (Å²) in [5, 5.41) is 0. The van der Waals surface area contributed by atoms with E-state index in [1.54, 1.807) is 33.9 Å². The first-order chi connectivity index (χ1) is 12.7. The van der Waals surface area contributed by atoms with Crippen LogP contribution in [0.4, 0.5) is 16.7 Å². The van der Waals surface area contributed by atoms with Gasteiger partial charge in [-0.3, -0.25) is 4.99 Å². The predicted molar refractivity (Wildman–Crippen MR) is 103 cm³/mol. The van der Waals surface area contributed by atoms with Crippen LogP contribution in [0.25, 0.3) is 11.3 Å². The Morgan fingerprint density at radius 1 is 1.26 bits per heavy atom. The molecule has 1 amide bonds. The van der Waals surface area contributed by atoms with Crippen LogP contribution in [-0.2, 0) is 4.74 Å². The van der Waals surface area contributed by atoms with Crippen LogP contribution in [0.5, 0.6) is 0 Å². The van der Waals surface area contributed by atoms with Gasteiger partial charge in [0.2, 0.25) is 11.9 Å². The van der Waals surface area contributed by atoms with Gasteiger partial charge in [0.15, 0.2) is 0 Å². The summed E-state index contributed by atoms with van der Waals surface area (Å²) in [5.41, 5.74) is 11.8. The zero-order valence-electron chi connectivity index (χ0n) is 15.6. The normalized spacial score (nSPS) is 12.2. The van der Waals surface area contributed by atoms with Crippen LogP contribution in [0.1, 0.15) is 20.8 Å². The summed E-state index contributed by atoms with van der Waals surface area (Å²) in [6.07, 6.45) is 6.50. The van der Waals surface area contributed by atoms with Crippen LogP contribution < -0.4 is 16.4 Å². The number of aromatic nitrogens is 4. The summed E-state index contributed by atoms with van der Waals surface area (Å²) in [7, 11) is 1.56. The first kappa shape index (κ1) is 19.8. The molecule has 0 aliphatic heterocycles. The molecule has 10 nitrogen and oxygen atoms in total. The Morgan fingerprint density at radius 3 is 2.48 bits per heavy atom. The zero-order valence-corrected chi connectivity index (χ0v) is 15.6. The highest BCUT2D eigenvalue weighted by molar-refractivity contribution is 5.99. The quantitative estimate of drug-likeness (QED) is 0.774. The number of aliphatic imine (C=N–C) groups is 1. The number of carbonyl (C=O) groups excluding carboxylic acids is 1. The summed E-state index contributed by atoms with van der Waals surface area (Å²) in [6.45, 7) is 5.27. The Bertz CT molecular complexity index is 856. The molecule has 0 radical (unpaired) electrons. The minimum atomic E-state index is -0.721. The molecule has 2 aromatic heterocycles. The molecular weight excluding hydrogens is 348 g/mol. The lowest BCUT2D eigenvalue weighted by Gasteiger charge is -2.26. The fraction of sp³-hybridized carbons (Fsp3) is 0.294. The number of hydrogen-bond donors (Lipinski definition) is 2. The number of rotatable bonds is 4. The molecule has 0 aromatic carbocycles. The Labute approximate surface area is 157 Å². The van der Waals surface area contributed by atoms with E-state index in [1.165, 1.54) is 31.0 Å².